The molecule has 1 amide bonds. The van der Waals surface area contributed by atoms with Gasteiger partial charge in [-0.25, -0.2) is 0 Å². The Morgan fingerprint density at radius 2 is 1.65 bits per heavy atom. The van der Waals surface area contributed by atoms with Crippen molar-refractivity contribution in [2.45, 2.75) is 0 Å². The lowest BCUT2D eigenvalue weighted by Crippen LogP contribution is -2.13. The highest BCUT2D eigenvalue weighted by Crippen LogP contribution is 2.30. The summed E-state index contributed by atoms with van der Waals surface area (Å²) in [7, 11) is 3.05. The zero-order valence-electron chi connectivity index (χ0n) is 16.8. The van der Waals surface area contributed by atoms with Gasteiger partial charge in [0.25, 0.3) is 11.8 Å². The molecule has 156 valence electrons. The van der Waals surface area contributed by atoms with E-state index in [0.29, 0.717) is 39.2 Å². The van der Waals surface area contributed by atoms with Gasteiger partial charge in [0.1, 0.15) is 11.5 Å². The van der Waals surface area contributed by atoms with E-state index in [1.807, 2.05) is 12.1 Å². The van der Waals surface area contributed by atoms with Gasteiger partial charge < -0.3 is 19.3 Å². The van der Waals surface area contributed by atoms with Crippen LogP contribution in [0.2, 0.25) is 5.02 Å². The minimum Gasteiger partial charge on any atom is -0.497 e. The van der Waals surface area contributed by atoms with Gasteiger partial charge in [-0.1, -0.05) is 28.9 Å². The molecule has 0 saturated heterocycles. The predicted molar refractivity (Wildman–Crippen MR) is 118 cm³/mol. The molecule has 4 rings (SSSR count). The molecule has 0 atom stereocenters. The molecule has 0 fully saturated rings. The average molecular weight is 436 g/mol. The largest absolute Gasteiger partial charge is 0.497 e. The number of aromatic nitrogens is 2. The van der Waals surface area contributed by atoms with E-state index >= 15 is 0 Å². The monoisotopic (exact) mass is 435 g/mol. The van der Waals surface area contributed by atoms with Crippen molar-refractivity contribution in [3.8, 4) is 34.3 Å². The molecule has 0 spiro atoms. The van der Waals surface area contributed by atoms with Crippen LogP contribution in [0.25, 0.3) is 22.8 Å². The van der Waals surface area contributed by atoms with Crippen LogP contribution >= 0.6 is 11.6 Å². The van der Waals surface area contributed by atoms with Gasteiger partial charge in [0.05, 0.1) is 25.5 Å². The second-order valence-corrected chi connectivity index (χ2v) is 6.97. The first kappa shape index (κ1) is 20.4. The number of hydrogen-bond donors (Lipinski definition) is 1. The third-order valence-electron chi connectivity index (χ3n) is 4.55. The van der Waals surface area contributed by atoms with Crippen molar-refractivity contribution in [3.63, 3.8) is 0 Å². The van der Waals surface area contributed by atoms with Gasteiger partial charge in [-0.15, -0.1) is 0 Å². The molecule has 8 heteroatoms. The van der Waals surface area contributed by atoms with Crippen molar-refractivity contribution in [1.82, 2.24) is 10.1 Å². The Labute approximate surface area is 183 Å². The lowest BCUT2D eigenvalue weighted by atomic mass is 10.1. The molecule has 0 bridgehead atoms. The number of anilines is 1. The lowest BCUT2D eigenvalue weighted by Gasteiger charge is -2.11. The number of para-hydroxylation sites is 1. The Morgan fingerprint density at radius 1 is 0.968 bits per heavy atom. The zero-order valence-corrected chi connectivity index (χ0v) is 17.5. The van der Waals surface area contributed by atoms with Crippen LogP contribution in [0.5, 0.6) is 11.5 Å². The summed E-state index contributed by atoms with van der Waals surface area (Å²) in [6, 6.07) is 19.3. The number of carbonyl (C=O) groups is 1. The smallest absolute Gasteiger partial charge is 0.260 e. The highest BCUT2D eigenvalue weighted by Gasteiger charge is 2.17. The molecular formula is C23H18ClN3O4. The minimum atomic E-state index is -0.331. The van der Waals surface area contributed by atoms with E-state index in [1.165, 1.54) is 14.2 Å². The molecule has 0 aliphatic carbocycles. The van der Waals surface area contributed by atoms with Crippen molar-refractivity contribution < 1.29 is 18.8 Å². The third kappa shape index (κ3) is 4.51. The second-order valence-electron chi connectivity index (χ2n) is 6.53. The fourth-order valence-corrected chi connectivity index (χ4v) is 3.09. The number of rotatable bonds is 6. The van der Waals surface area contributed by atoms with Gasteiger partial charge in [0, 0.05) is 22.2 Å². The Morgan fingerprint density at radius 3 is 2.32 bits per heavy atom. The van der Waals surface area contributed by atoms with Crippen LogP contribution in [-0.4, -0.2) is 30.3 Å². The standard InChI is InChI=1S/C23H18ClN3O4/c1-29-17-11-15(12-18(13-17)30-2)22(28)25-20-6-4-3-5-19(20)23-26-21(27-31-23)14-7-9-16(24)10-8-14/h3-13H,1-2H3,(H,25,28). The van der Waals surface area contributed by atoms with Crippen LogP contribution in [-0.2, 0) is 0 Å². The summed E-state index contributed by atoms with van der Waals surface area (Å²) >= 11 is 5.94. The highest BCUT2D eigenvalue weighted by atomic mass is 35.5. The van der Waals surface area contributed by atoms with Gasteiger partial charge in [0.15, 0.2) is 0 Å². The molecule has 4 aromatic rings. The first-order chi connectivity index (χ1) is 15.1. The molecule has 1 aromatic heterocycles. The average Bonchev–Trinajstić information content (AvgIpc) is 3.29. The van der Waals surface area contributed by atoms with Crippen LogP contribution in [0.15, 0.2) is 71.3 Å². The van der Waals surface area contributed by atoms with Crippen molar-refractivity contribution in [3.05, 3.63) is 77.3 Å². The van der Waals surface area contributed by atoms with Crippen LogP contribution in [0, 0.1) is 0 Å². The van der Waals surface area contributed by atoms with Crippen LogP contribution in [0.3, 0.4) is 0 Å². The normalized spacial score (nSPS) is 10.5. The molecule has 3 aromatic carbocycles. The maximum atomic E-state index is 12.9. The van der Waals surface area contributed by atoms with Gasteiger partial charge >= 0.3 is 0 Å². The Kier molecular flexibility index (Phi) is 5.86. The fraction of sp³-hybridized carbons (Fsp3) is 0.0870. The SMILES string of the molecule is COc1cc(OC)cc(C(=O)Nc2ccccc2-c2nc(-c3ccc(Cl)cc3)no2)c1. The molecule has 31 heavy (non-hydrogen) atoms. The molecule has 1 N–H and O–H groups in total. The Bertz CT molecular complexity index is 1200. The first-order valence-corrected chi connectivity index (χ1v) is 9.68. The first-order valence-electron chi connectivity index (χ1n) is 9.31. The fourth-order valence-electron chi connectivity index (χ4n) is 2.96. The summed E-state index contributed by atoms with van der Waals surface area (Å²) in [5.74, 6) is 1.40. The van der Waals surface area contributed by atoms with Gasteiger partial charge in [-0.3, -0.25) is 4.79 Å². The number of ether oxygens (including phenoxy) is 2. The summed E-state index contributed by atoms with van der Waals surface area (Å²) < 4.78 is 15.9. The summed E-state index contributed by atoms with van der Waals surface area (Å²) in [6.45, 7) is 0. The molecule has 0 aliphatic heterocycles. The maximum Gasteiger partial charge on any atom is 0.260 e. The topological polar surface area (TPSA) is 86.5 Å². The van der Waals surface area contributed by atoms with E-state index in [0.717, 1.165) is 5.56 Å². The number of carbonyl (C=O) groups excluding carboxylic acids is 1. The summed E-state index contributed by atoms with van der Waals surface area (Å²) in [5.41, 5.74) is 2.28. The van der Waals surface area contributed by atoms with E-state index in [-0.39, 0.29) is 11.8 Å². The van der Waals surface area contributed by atoms with Crippen molar-refractivity contribution >= 4 is 23.2 Å². The van der Waals surface area contributed by atoms with Gasteiger partial charge in [-0.2, -0.15) is 4.98 Å². The van der Waals surface area contributed by atoms with Crippen LogP contribution < -0.4 is 14.8 Å². The molecule has 0 unspecified atom stereocenters. The molecule has 7 nitrogen and oxygen atoms in total. The number of halogens is 1. The molecule has 0 saturated carbocycles. The molecule has 1 heterocycles. The zero-order chi connectivity index (χ0) is 21.8. The van der Waals surface area contributed by atoms with E-state index < -0.39 is 0 Å². The number of hydrogen-bond acceptors (Lipinski definition) is 6. The summed E-state index contributed by atoms with van der Waals surface area (Å²) in [5, 5.41) is 7.55. The predicted octanol–water partition coefficient (Wildman–Crippen LogP) is 5.33. The third-order valence-corrected chi connectivity index (χ3v) is 4.80. The Hall–Kier alpha value is -3.84. The van der Waals surface area contributed by atoms with Crippen LogP contribution in [0.4, 0.5) is 5.69 Å². The maximum absolute atomic E-state index is 12.9. The van der Waals surface area contributed by atoms with Gasteiger partial charge in [0.2, 0.25) is 5.82 Å². The molecular weight excluding hydrogens is 418 g/mol. The quantitative estimate of drug-likeness (QED) is 0.440. The summed E-state index contributed by atoms with van der Waals surface area (Å²) in [6.07, 6.45) is 0. The number of methoxy groups -OCH3 is 2. The summed E-state index contributed by atoms with van der Waals surface area (Å²) in [4.78, 5) is 17.4. The minimum absolute atomic E-state index is 0.282. The van der Waals surface area contributed by atoms with Crippen molar-refractivity contribution in [2.24, 2.45) is 0 Å². The number of nitrogens with one attached hydrogen (secondary N) is 1. The highest BCUT2D eigenvalue weighted by molar-refractivity contribution is 6.30. The van der Waals surface area contributed by atoms with E-state index in [9.17, 15) is 4.79 Å². The van der Waals surface area contributed by atoms with E-state index in [4.69, 9.17) is 25.6 Å². The number of benzene rings is 3. The number of amides is 1. The number of nitrogens with zero attached hydrogens (tertiary/aromatic N) is 2. The van der Waals surface area contributed by atoms with Crippen LogP contribution in [0.1, 0.15) is 10.4 Å². The van der Waals surface area contributed by atoms with Crippen molar-refractivity contribution in [2.75, 3.05) is 19.5 Å². The van der Waals surface area contributed by atoms with E-state index in [2.05, 4.69) is 15.5 Å². The van der Waals surface area contributed by atoms with Gasteiger partial charge in [-0.05, 0) is 48.5 Å². The van der Waals surface area contributed by atoms with E-state index in [1.54, 1.807) is 54.6 Å². The lowest BCUT2D eigenvalue weighted by molar-refractivity contribution is 0.102. The second kappa shape index (κ2) is 8.89. The molecule has 0 aliphatic rings. The molecule has 0 radical (unpaired) electrons. The van der Waals surface area contributed by atoms with Crippen molar-refractivity contribution in [1.29, 1.82) is 0 Å². The Balaban J connectivity index is 1.63.